The number of nitrogens with one attached hydrogen (secondary N) is 1. The largest absolute Gasteiger partial charge is 0.364 e. The highest BCUT2D eigenvalue weighted by Crippen LogP contribution is 2.35. The number of hydrogen-bond donors (Lipinski definition) is 1. The number of rotatable bonds is 5. The lowest BCUT2D eigenvalue weighted by molar-refractivity contribution is -0.121. The first-order valence-electron chi connectivity index (χ1n) is 10.9. The van der Waals surface area contributed by atoms with Crippen molar-refractivity contribution >= 4 is 34.7 Å². The number of benzene rings is 2. The van der Waals surface area contributed by atoms with Crippen LogP contribution in [0.5, 0.6) is 0 Å². The number of hydrogen-bond acceptors (Lipinski definition) is 5. The predicted octanol–water partition coefficient (Wildman–Crippen LogP) is 2.74. The van der Waals surface area contributed by atoms with E-state index in [4.69, 9.17) is 0 Å². The summed E-state index contributed by atoms with van der Waals surface area (Å²) >= 11 is 0. The van der Waals surface area contributed by atoms with Crippen molar-refractivity contribution in [3.05, 3.63) is 65.4 Å². The lowest BCUT2D eigenvalue weighted by atomic mass is 10.0. The van der Waals surface area contributed by atoms with E-state index in [9.17, 15) is 14.4 Å². The molecule has 166 valence electrons. The van der Waals surface area contributed by atoms with Crippen LogP contribution in [0.2, 0.25) is 0 Å². The van der Waals surface area contributed by atoms with Gasteiger partial charge in [0.15, 0.2) is 0 Å². The molecule has 0 aliphatic carbocycles. The monoisotopic (exact) mass is 432 g/mol. The number of carbonyl (C=O) groups excluding carboxylic acids is 3. The Morgan fingerprint density at radius 2 is 1.53 bits per heavy atom. The average Bonchev–Trinajstić information content (AvgIpc) is 3.04. The zero-order valence-corrected chi connectivity index (χ0v) is 18.7. The third kappa shape index (κ3) is 4.16. The summed E-state index contributed by atoms with van der Waals surface area (Å²) < 4.78 is 0. The third-order valence-electron chi connectivity index (χ3n) is 5.98. The van der Waals surface area contributed by atoms with Crippen LogP contribution in [0.3, 0.4) is 0 Å². The van der Waals surface area contributed by atoms with Crippen molar-refractivity contribution in [2.45, 2.75) is 20.3 Å². The van der Waals surface area contributed by atoms with Crippen LogP contribution in [0, 0.1) is 0 Å². The van der Waals surface area contributed by atoms with E-state index in [1.807, 2.05) is 29.2 Å². The third-order valence-corrected chi connectivity index (χ3v) is 5.98. The van der Waals surface area contributed by atoms with E-state index in [-0.39, 0.29) is 17.7 Å². The van der Waals surface area contributed by atoms with Gasteiger partial charge < -0.3 is 15.1 Å². The summed E-state index contributed by atoms with van der Waals surface area (Å²) in [7, 11) is 2.05. The Labute approximate surface area is 188 Å². The smallest absolute Gasteiger partial charge is 0.282 e. The first-order chi connectivity index (χ1) is 15.4. The Hall–Kier alpha value is -3.45. The highest BCUT2D eigenvalue weighted by molar-refractivity contribution is 6.45. The Bertz CT molecular complexity index is 1070. The molecule has 32 heavy (non-hydrogen) atoms. The van der Waals surface area contributed by atoms with Crippen molar-refractivity contribution in [3.8, 4) is 0 Å². The van der Waals surface area contributed by atoms with Gasteiger partial charge >= 0.3 is 0 Å². The summed E-state index contributed by atoms with van der Waals surface area (Å²) in [6.45, 7) is 6.53. The fraction of sp³-hybridized carbons (Fsp3) is 0.320. The van der Waals surface area contributed by atoms with Crippen LogP contribution in [-0.2, 0) is 20.8 Å². The molecule has 0 atom stereocenters. The highest BCUT2D eigenvalue weighted by Gasteiger charge is 2.42. The minimum Gasteiger partial charge on any atom is -0.364 e. The van der Waals surface area contributed by atoms with Crippen molar-refractivity contribution in [1.82, 2.24) is 9.80 Å². The molecule has 2 aromatic carbocycles. The second-order valence-corrected chi connectivity index (χ2v) is 8.24. The fourth-order valence-electron chi connectivity index (χ4n) is 4.14. The second-order valence-electron chi connectivity index (χ2n) is 8.24. The van der Waals surface area contributed by atoms with E-state index in [1.165, 1.54) is 11.8 Å². The van der Waals surface area contributed by atoms with Gasteiger partial charge in [-0.15, -0.1) is 0 Å². The number of imide groups is 1. The zero-order chi connectivity index (χ0) is 22.8. The van der Waals surface area contributed by atoms with E-state index >= 15 is 0 Å². The standard InChI is InChI=1S/C25H28N4O3/c1-4-18-5-11-21(12-6-18)29-24(31)22(19-7-9-20(10-8-19)26-17(2)30)23(25(29)32)28-15-13-27(3)14-16-28/h5-12H,4,13-16H2,1-3H3,(H,26,30). The van der Waals surface area contributed by atoms with Crippen molar-refractivity contribution in [2.75, 3.05) is 43.4 Å². The second kappa shape index (κ2) is 8.96. The molecule has 0 unspecified atom stereocenters. The van der Waals surface area contributed by atoms with E-state index in [0.717, 1.165) is 25.1 Å². The van der Waals surface area contributed by atoms with Gasteiger partial charge in [0, 0.05) is 38.8 Å². The predicted molar refractivity (Wildman–Crippen MR) is 125 cm³/mol. The lowest BCUT2D eigenvalue weighted by Crippen LogP contribution is -2.46. The average molecular weight is 433 g/mol. The number of anilines is 2. The van der Waals surface area contributed by atoms with Gasteiger partial charge in [-0.05, 0) is 48.9 Å². The Morgan fingerprint density at radius 1 is 0.906 bits per heavy atom. The maximum absolute atomic E-state index is 13.6. The molecule has 1 N–H and O–H groups in total. The van der Waals surface area contributed by atoms with Crippen molar-refractivity contribution in [2.24, 2.45) is 0 Å². The molecule has 7 heteroatoms. The molecule has 7 nitrogen and oxygen atoms in total. The molecule has 2 aromatic rings. The number of nitrogens with zero attached hydrogens (tertiary/aromatic N) is 3. The molecule has 1 fully saturated rings. The van der Waals surface area contributed by atoms with Crippen molar-refractivity contribution < 1.29 is 14.4 Å². The molecule has 0 saturated carbocycles. The van der Waals surface area contributed by atoms with Gasteiger partial charge in [-0.1, -0.05) is 31.2 Å². The van der Waals surface area contributed by atoms with E-state index < -0.39 is 0 Å². The van der Waals surface area contributed by atoms with E-state index in [2.05, 4.69) is 24.2 Å². The SMILES string of the molecule is CCc1ccc(N2C(=O)C(c3ccc(NC(C)=O)cc3)=C(N3CCN(C)CC3)C2=O)cc1. The molecule has 0 spiro atoms. The van der Waals surface area contributed by atoms with E-state index in [0.29, 0.717) is 41.3 Å². The number of amides is 3. The number of likely N-dealkylation sites (N-methyl/N-ethyl adjacent to an activating group) is 1. The van der Waals surface area contributed by atoms with Crippen LogP contribution < -0.4 is 10.2 Å². The van der Waals surface area contributed by atoms with Gasteiger partial charge in [-0.25, -0.2) is 4.90 Å². The van der Waals surface area contributed by atoms with Crippen LogP contribution in [0.4, 0.5) is 11.4 Å². The van der Waals surface area contributed by atoms with Crippen LogP contribution in [-0.4, -0.2) is 60.7 Å². The molecule has 0 aromatic heterocycles. The van der Waals surface area contributed by atoms with Crippen LogP contribution in [0.1, 0.15) is 25.0 Å². The summed E-state index contributed by atoms with van der Waals surface area (Å²) in [5, 5.41) is 2.73. The van der Waals surface area contributed by atoms with Gasteiger partial charge in [-0.2, -0.15) is 0 Å². The van der Waals surface area contributed by atoms with Gasteiger partial charge in [0.1, 0.15) is 5.70 Å². The lowest BCUT2D eigenvalue weighted by Gasteiger charge is -2.34. The topological polar surface area (TPSA) is 73.0 Å². The zero-order valence-electron chi connectivity index (χ0n) is 18.7. The summed E-state index contributed by atoms with van der Waals surface area (Å²) in [6, 6.07) is 14.6. The normalized spacial score (nSPS) is 17.3. The van der Waals surface area contributed by atoms with Crippen LogP contribution in [0.15, 0.2) is 54.2 Å². The van der Waals surface area contributed by atoms with E-state index in [1.54, 1.807) is 24.3 Å². The fourth-order valence-corrected chi connectivity index (χ4v) is 4.14. The van der Waals surface area contributed by atoms with Gasteiger partial charge in [0.05, 0.1) is 11.3 Å². The van der Waals surface area contributed by atoms with Crippen LogP contribution >= 0.6 is 0 Å². The van der Waals surface area contributed by atoms with Gasteiger partial charge in [-0.3, -0.25) is 14.4 Å². The molecule has 2 heterocycles. The quantitative estimate of drug-likeness (QED) is 0.736. The van der Waals surface area contributed by atoms with Crippen molar-refractivity contribution in [1.29, 1.82) is 0 Å². The Morgan fingerprint density at radius 3 is 2.09 bits per heavy atom. The maximum Gasteiger partial charge on any atom is 0.282 e. The number of carbonyl (C=O) groups is 3. The molecule has 2 aliphatic heterocycles. The van der Waals surface area contributed by atoms with Gasteiger partial charge in [0.25, 0.3) is 11.8 Å². The molecule has 0 bridgehead atoms. The first kappa shape index (κ1) is 21.8. The molecular formula is C25H28N4O3. The highest BCUT2D eigenvalue weighted by atomic mass is 16.2. The Kier molecular flexibility index (Phi) is 6.10. The van der Waals surface area contributed by atoms with Crippen LogP contribution in [0.25, 0.3) is 5.57 Å². The summed E-state index contributed by atoms with van der Waals surface area (Å²) in [5.41, 5.74) is 3.90. The number of piperazine rings is 1. The summed E-state index contributed by atoms with van der Waals surface area (Å²) in [4.78, 5) is 44.0. The minimum atomic E-state index is -0.319. The Balaban J connectivity index is 1.74. The minimum absolute atomic E-state index is 0.163. The molecular weight excluding hydrogens is 404 g/mol. The molecule has 1 saturated heterocycles. The molecule has 3 amide bonds. The maximum atomic E-state index is 13.6. The van der Waals surface area contributed by atoms with Crippen molar-refractivity contribution in [3.63, 3.8) is 0 Å². The summed E-state index contributed by atoms with van der Waals surface area (Å²) in [6.07, 6.45) is 0.888. The van der Waals surface area contributed by atoms with Gasteiger partial charge in [0.2, 0.25) is 5.91 Å². The summed E-state index contributed by atoms with van der Waals surface area (Å²) in [5.74, 6) is -0.769. The molecule has 4 rings (SSSR count). The molecule has 2 aliphatic rings. The number of aryl methyl sites for hydroxylation is 1. The molecule has 0 radical (unpaired) electrons. The first-order valence-corrected chi connectivity index (χ1v) is 10.9.